The van der Waals surface area contributed by atoms with Crippen molar-refractivity contribution in [2.24, 2.45) is 0 Å². The SMILES string of the molecule is CC(NCCOc1ccccc1F)c1cc2ccccc2o1. The van der Waals surface area contributed by atoms with E-state index in [0.717, 1.165) is 16.7 Å². The highest BCUT2D eigenvalue weighted by Crippen LogP contribution is 2.23. The number of halogens is 1. The Morgan fingerprint density at radius 2 is 1.91 bits per heavy atom. The maximum atomic E-state index is 13.4. The van der Waals surface area contributed by atoms with E-state index in [9.17, 15) is 4.39 Å². The molecule has 0 fully saturated rings. The van der Waals surface area contributed by atoms with Crippen LogP contribution >= 0.6 is 0 Å². The predicted molar refractivity (Wildman–Crippen MR) is 84.5 cm³/mol. The first-order chi connectivity index (χ1) is 10.7. The average Bonchev–Trinajstić information content (AvgIpc) is 2.97. The van der Waals surface area contributed by atoms with Crippen LogP contribution in [0.25, 0.3) is 11.0 Å². The van der Waals surface area contributed by atoms with Crippen LogP contribution in [0.15, 0.2) is 59.0 Å². The van der Waals surface area contributed by atoms with Gasteiger partial charge in [0, 0.05) is 11.9 Å². The van der Waals surface area contributed by atoms with Gasteiger partial charge in [-0.1, -0.05) is 30.3 Å². The van der Waals surface area contributed by atoms with Crippen LogP contribution in [0.5, 0.6) is 5.75 Å². The van der Waals surface area contributed by atoms with Crippen LogP contribution in [0.1, 0.15) is 18.7 Å². The molecule has 1 aromatic heterocycles. The Balaban J connectivity index is 1.52. The number of hydrogen-bond acceptors (Lipinski definition) is 3. The molecule has 1 atom stereocenters. The lowest BCUT2D eigenvalue weighted by molar-refractivity contribution is 0.289. The lowest BCUT2D eigenvalue weighted by atomic mass is 10.2. The van der Waals surface area contributed by atoms with Crippen molar-refractivity contribution in [3.8, 4) is 5.75 Å². The van der Waals surface area contributed by atoms with Crippen molar-refractivity contribution >= 4 is 11.0 Å². The number of para-hydroxylation sites is 2. The largest absolute Gasteiger partial charge is 0.489 e. The van der Waals surface area contributed by atoms with E-state index in [2.05, 4.69) is 5.32 Å². The summed E-state index contributed by atoms with van der Waals surface area (Å²) in [5.41, 5.74) is 0.883. The van der Waals surface area contributed by atoms with Crippen molar-refractivity contribution in [3.63, 3.8) is 0 Å². The Bertz CT molecular complexity index is 720. The van der Waals surface area contributed by atoms with E-state index in [-0.39, 0.29) is 17.6 Å². The normalized spacial score (nSPS) is 12.5. The van der Waals surface area contributed by atoms with Crippen LogP contribution in [0.3, 0.4) is 0 Å². The number of fused-ring (bicyclic) bond motifs is 1. The van der Waals surface area contributed by atoms with E-state index >= 15 is 0 Å². The first-order valence-electron chi connectivity index (χ1n) is 7.33. The van der Waals surface area contributed by atoms with Gasteiger partial charge in [-0.3, -0.25) is 0 Å². The molecule has 1 heterocycles. The molecular formula is C18H18FNO2. The minimum atomic E-state index is -0.340. The zero-order chi connectivity index (χ0) is 15.4. The van der Waals surface area contributed by atoms with Crippen LogP contribution < -0.4 is 10.1 Å². The molecule has 3 rings (SSSR count). The molecule has 22 heavy (non-hydrogen) atoms. The van der Waals surface area contributed by atoms with Gasteiger partial charge in [0.05, 0.1) is 6.04 Å². The van der Waals surface area contributed by atoms with Gasteiger partial charge in [0.1, 0.15) is 18.0 Å². The van der Waals surface area contributed by atoms with Crippen LogP contribution in [-0.4, -0.2) is 13.2 Å². The van der Waals surface area contributed by atoms with Crippen molar-refractivity contribution in [2.45, 2.75) is 13.0 Å². The monoisotopic (exact) mass is 299 g/mol. The highest BCUT2D eigenvalue weighted by molar-refractivity contribution is 5.77. The Kier molecular flexibility index (Phi) is 4.39. The van der Waals surface area contributed by atoms with E-state index in [1.165, 1.54) is 6.07 Å². The van der Waals surface area contributed by atoms with E-state index in [1.54, 1.807) is 18.2 Å². The zero-order valence-corrected chi connectivity index (χ0v) is 12.4. The van der Waals surface area contributed by atoms with Crippen LogP contribution in [-0.2, 0) is 0 Å². The van der Waals surface area contributed by atoms with Gasteiger partial charge in [-0.15, -0.1) is 0 Å². The molecule has 4 heteroatoms. The fraction of sp³-hybridized carbons (Fsp3) is 0.222. The second-order valence-electron chi connectivity index (χ2n) is 5.14. The van der Waals surface area contributed by atoms with Crippen molar-refractivity contribution in [1.29, 1.82) is 0 Å². The van der Waals surface area contributed by atoms with Crippen LogP contribution in [0.4, 0.5) is 4.39 Å². The topological polar surface area (TPSA) is 34.4 Å². The molecule has 0 bridgehead atoms. The zero-order valence-electron chi connectivity index (χ0n) is 12.4. The van der Waals surface area contributed by atoms with Crippen molar-refractivity contribution in [2.75, 3.05) is 13.2 Å². The maximum Gasteiger partial charge on any atom is 0.165 e. The van der Waals surface area contributed by atoms with Gasteiger partial charge in [0.2, 0.25) is 0 Å². The highest BCUT2D eigenvalue weighted by Gasteiger charge is 2.10. The summed E-state index contributed by atoms with van der Waals surface area (Å²) in [5.74, 6) is 0.820. The van der Waals surface area contributed by atoms with Crippen molar-refractivity contribution in [1.82, 2.24) is 5.32 Å². The molecule has 114 valence electrons. The number of nitrogens with one attached hydrogen (secondary N) is 1. The van der Waals surface area contributed by atoms with E-state index in [4.69, 9.17) is 9.15 Å². The Morgan fingerprint density at radius 3 is 2.73 bits per heavy atom. The number of rotatable bonds is 6. The second kappa shape index (κ2) is 6.62. The van der Waals surface area contributed by atoms with E-state index in [1.807, 2.05) is 37.3 Å². The average molecular weight is 299 g/mol. The van der Waals surface area contributed by atoms with Gasteiger partial charge >= 0.3 is 0 Å². The van der Waals surface area contributed by atoms with Crippen LogP contribution in [0, 0.1) is 5.82 Å². The molecule has 0 saturated heterocycles. The summed E-state index contributed by atoms with van der Waals surface area (Å²) in [6.07, 6.45) is 0. The molecule has 0 spiro atoms. The van der Waals surface area contributed by atoms with E-state index in [0.29, 0.717) is 13.2 Å². The van der Waals surface area contributed by atoms with Gasteiger partial charge in [-0.2, -0.15) is 0 Å². The molecule has 3 aromatic rings. The van der Waals surface area contributed by atoms with Gasteiger partial charge in [-0.25, -0.2) is 4.39 Å². The minimum Gasteiger partial charge on any atom is -0.489 e. The highest BCUT2D eigenvalue weighted by atomic mass is 19.1. The molecule has 3 nitrogen and oxygen atoms in total. The van der Waals surface area contributed by atoms with Gasteiger partial charge in [-0.05, 0) is 31.2 Å². The molecule has 2 aromatic carbocycles. The molecule has 1 unspecified atom stereocenters. The summed E-state index contributed by atoms with van der Waals surface area (Å²) in [7, 11) is 0. The standard InChI is InChI=1S/C18H18FNO2/c1-13(18-12-14-6-2-4-8-16(14)22-18)20-10-11-21-17-9-5-3-7-15(17)19/h2-9,12-13,20H,10-11H2,1H3. The maximum absolute atomic E-state index is 13.4. The number of hydrogen-bond donors (Lipinski definition) is 1. The van der Waals surface area contributed by atoms with Gasteiger partial charge in [0.25, 0.3) is 0 Å². The summed E-state index contributed by atoms with van der Waals surface area (Å²) in [6.45, 7) is 3.03. The molecule has 1 N–H and O–H groups in total. The molecule has 0 radical (unpaired) electrons. The third-order valence-electron chi connectivity index (χ3n) is 3.52. The molecule has 0 aliphatic heterocycles. The number of ether oxygens (including phenoxy) is 1. The Labute approximate surface area is 128 Å². The fourth-order valence-electron chi connectivity index (χ4n) is 2.31. The molecule has 0 saturated carbocycles. The third kappa shape index (κ3) is 3.28. The van der Waals surface area contributed by atoms with Crippen molar-refractivity contribution in [3.05, 3.63) is 66.2 Å². The molecule has 0 amide bonds. The predicted octanol–water partition coefficient (Wildman–Crippen LogP) is 4.30. The Hall–Kier alpha value is -2.33. The lowest BCUT2D eigenvalue weighted by Gasteiger charge is -2.12. The smallest absolute Gasteiger partial charge is 0.165 e. The summed E-state index contributed by atoms with van der Waals surface area (Å²) in [5, 5.41) is 4.40. The fourth-order valence-corrected chi connectivity index (χ4v) is 2.31. The summed E-state index contributed by atoms with van der Waals surface area (Å²) < 4.78 is 24.6. The third-order valence-corrected chi connectivity index (χ3v) is 3.52. The lowest BCUT2D eigenvalue weighted by Crippen LogP contribution is -2.24. The van der Waals surface area contributed by atoms with Gasteiger partial charge < -0.3 is 14.5 Å². The minimum absolute atomic E-state index is 0.0663. The number of benzene rings is 2. The molecule has 0 aliphatic carbocycles. The first-order valence-corrected chi connectivity index (χ1v) is 7.33. The quantitative estimate of drug-likeness (QED) is 0.689. The number of furan rings is 1. The van der Waals surface area contributed by atoms with Gasteiger partial charge in [0.15, 0.2) is 11.6 Å². The molecular weight excluding hydrogens is 281 g/mol. The van der Waals surface area contributed by atoms with E-state index < -0.39 is 0 Å². The molecule has 0 aliphatic rings. The summed E-state index contributed by atoms with van der Waals surface area (Å²) in [4.78, 5) is 0. The Morgan fingerprint density at radius 1 is 1.14 bits per heavy atom. The second-order valence-corrected chi connectivity index (χ2v) is 5.14. The van der Waals surface area contributed by atoms with Crippen molar-refractivity contribution < 1.29 is 13.5 Å². The summed E-state index contributed by atoms with van der Waals surface area (Å²) >= 11 is 0. The van der Waals surface area contributed by atoms with Crippen LogP contribution in [0.2, 0.25) is 0 Å². The first kappa shape index (κ1) is 14.6. The summed E-state index contributed by atoms with van der Waals surface area (Å²) in [6, 6.07) is 16.4.